The average Bonchev–Trinajstić information content (AvgIpc) is 2.72. The maximum Gasteiger partial charge on any atom is 0.170 e. The summed E-state index contributed by atoms with van der Waals surface area (Å²) in [6.45, 7) is 2.39. The fourth-order valence-electron chi connectivity index (χ4n) is 2.72. The largest absolute Gasteiger partial charge is 0.494 e. The molecule has 1 heterocycles. The molecule has 1 aliphatic heterocycles. The van der Waals surface area contributed by atoms with Crippen LogP contribution in [0.25, 0.3) is 0 Å². The van der Waals surface area contributed by atoms with Crippen LogP contribution in [-0.2, 0) is 6.54 Å². The molecule has 110 valence electrons. The molecule has 1 N–H and O–H groups in total. The molecule has 0 amide bonds. The average molecular weight is 286 g/mol. The minimum Gasteiger partial charge on any atom is -0.494 e. The van der Waals surface area contributed by atoms with Crippen molar-refractivity contribution >= 4 is 11.4 Å². The molecule has 1 aliphatic rings. The van der Waals surface area contributed by atoms with Crippen molar-refractivity contribution in [2.24, 2.45) is 0 Å². The molecular formula is C17H19FN2O. The predicted octanol–water partition coefficient (Wildman–Crippen LogP) is 3.66. The molecule has 0 saturated heterocycles. The fourth-order valence-corrected chi connectivity index (χ4v) is 2.72. The lowest BCUT2D eigenvalue weighted by Gasteiger charge is -2.25. The van der Waals surface area contributed by atoms with Gasteiger partial charge in [-0.1, -0.05) is 24.3 Å². The molecular weight excluding hydrogens is 267 g/mol. The molecule has 3 nitrogen and oxygen atoms in total. The highest BCUT2D eigenvalue weighted by Crippen LogP contribution is 2.30. The third-order valence-electron chi connectivity index (χ3n) is 3.79. The zero-order valence-corrected chi connectivity index (χ0v) is 12.1. The van der Waals surface area contributed by atoms with Gasteiger partial charge in [-0.05, 0) is 24.6 Å². The topological polar surface area (TPSA) is 24.5 Å². The first-order valence-corrected chi connectivity index (χ1v) is 7.19. The van der Waals surface area contributed by atoms with Crippen LogP contribution in [0.15, 0.2) is 42.5 Å². The van der Waals surface area contributed by atoms with Crippen molar-refractivity contribution in [3.63, 3.8) is 0 Å². The molecule has 0 fully saturated rings. The zero-order chi connectivity index (χ0) is 14.7. The van der Waals surface area contributed by atoms with E-state index >= 15 is 0 Å². The van der Waals surface area contributed by atoms with Crippen molar-refractivity contribution < 1.29 is 9.13 Å². The van der Waals surface area contributed by atoms with Gasteiger partial charge in [0.1, 0.15) is 0 Å². The lowest BCUT2D eigenvalue weighted by molar-refractivity contribution is 0.384. The molecule has 2 aromatic rings. The summed E-state index contributed by atoms with van der Waals surface area (Å²) >= 11 is 0. The highest BCUT2D eigenvalue weighted by atomic mass is 19.1. The van der Waals surface area contributed by atoms with Crippen LogP contribution in [0.5, 0.6) is 5.75 Å². The number of benzene rings is 2. The van der Waals surface area contributed by atoms with E-state index in [1.54, 1.807) is 6.07 Å². The van der Waals surface area contributed by atoms with Gasteiger partial charge in [0.05, 0.1) is 18.5 Å². The maximum atomic E-state index is 14.3. The minimum atomic E-state index is -0.269. The van der Waals surface area contributed by atoms with Gasteiger partial charge in [-0.3, -0.25) is 0 Å². The number of halogens is 1. The van der Waals surface area contributed by atoms with Crippen LogP contribution >= 0.6 is 0 Å². The highest BCUT2D eigenvalue weighted by Gasteiger charge is 2.17. The Bertz CT molecular complexity index is 630. The van der Waals surface area contributed by atoms with Crippen LogP contribution in [0.2, 0.25) is 0 Å². The summed E-state index contributed by atoms with van der Waals surface area (Å²) < 4.78 is 19.4. The summed E-state index contributed by atoms with van der Waals surface area (Å²) in [4.78, 5) is 2.22. The number of nitrogens with zero attached hydrogens (tertiary/aromatic N) is 1. The molecule has 0 unspecified atom stereocenters. The molecule has 0 aromatic heterocycles. The minimum absolute atomic E-state index is 0.269. The SMILES string of the molecule is COc1cccc(CN2CCCNc3ccccc32)c1F. The van der Waals surface area contributed by atoms with E-state index in [1.807, 2.05) is 24.3 Å². The van der Waals surface area contributed by atoms with E-state index in [0.29, 0.717) is 17.9 Å². The lowest BCUT2D eigenvalue weighted by Crippen LogP contribution is -2.24. The number of fused-ring (bicyclic) bond motifs is 1. The van der Waals surface area contributed by atoms with E-state index < -0.39 is 0 Å². The second-order valence-electron chi connectivity index (χ2n) is 5.15. The van der Waals surface area contributed by atoms with Gasteiger partial charge in [0.25, 0.3) is 0 Å². The molecule has 2 aromatic carbocycles. The zero-order valence-electron chi connectivity index (χ0n) is 12.1. The Kier molecular flexibility index (Phi) is 3.95. The summed E-state index contributed by atoms with van der Waals surface area (Å²) in [7, 11) is 1.49. The summed E-state index contributed by atoms with van der Waals surface area (Å²) in [6, 6.07) is 13.5. The Labute approximate surface area is 124 Å². The quantitative estimate of drug-likeness (QED) is 0.932. The van der Waals surface area contributed by atoms with Gasteiger partial charge in [-0.2, -0.15) is 0 Å². The first kappa shape index (κ1) is 13.7. The van der Waals surface area contributed by atoms with Gasteiger partial charge in [-0.25, -0.2) is 4.39 Å². The first-order valence-electron chi connectivity index (χ1n) is 7.19. The van der Waals surface area contributed by atoms with Gasteiger partial charge < -0.3 is 15.0 Å². The van der Waals surface area contributed by atoms with E-state index in [2.05, 4.69) is 22.3 Å². The van der Waals surface area contributed by atoms with Crippen LogP contribution in [-0.4, -0.2) is 20.2 Å². The summed E-state index contributed by atoms with van der Waals surface area (Å²) in [5, 5.41) is 3.42. The fraction of sp³-hybridized carbons (Fsp3) is 0.294. The Morgan fingerprint density at radius 1 is 1.19 bits per heavy atom. The number of hydrogen-bond donors (Lipinski definition) is 1. The molecule has 0 radical (unpaired) electrons. The number of rotatable bonds is 3. The summed E-state index contributed by atoms with van der Waals surface area (Å²) in [5.74, 6) is 0.0309. The monoisotopic (exact) mass is 286 g/mol. The standard InChI is InChI=1S/C17H19FN2O/c1-21-16-9-4-6-13(17(16)18)12-20-11-5-10-19-14-7-2-3-8-15(14)20/h2-4,6-9,19H,5,10-12H2,1H3. The van der Waals surface area contributed by atoms with Gasteiger partial charge in [-0.15, -0.1) is 0 Å². The van der Waals surface area contributed by atoms with Crippen LogP contribution in [0.1, 0.15) is 12.0 Å². The van der Waals surface area contributed by atoms with Gasteiger partial charge >= 0.3 is 0 Å². The molecule has 0 aliphatic carbocycles. The smallest absolute Gasteiger partial charge is 0.170 e. The highest BCUT2D eigenvalue weighted by molar-refractivity contribution is 5.70. The molecule has 0 atom stereocenters. The van der Waals surface area contributed by atoms with Gasteiger partial charge in [0.2, 0.25) is 0 Å². The van der Waals surface area contributed by atoms with E-state index in [-0.39, 0.29) is 5.82 Å². The molecule has 21 heavy (non-hydrogen) atoms. The van der Waals surface area contributed by atoms with Gasteiger partial charge in [0, 0.05) is 25.2 Å². The molecule has 0 saturated carbocycles. The van der Waals surface area contributed by atoms with Crippen LogP contribution < -0.4 is 15.0 Å². The van der Waals surface area contributed by atoms with Crippen molar-refractivity contribution in [3.8, 4) is 5.75 Å². The number of para-hydroxylation sites is 2. The van der Waals surface area contributed by atoms with E-state index in [1.165, 1.54) is 7.11 Å². The molecule has 0 bridgehead atoms. The Morgan fingerprint density at radius 2 is 2.05 bits per heavy atom. The molecule has 4 heteroatoms. The number of ether oxygens (including phenoxy) is 1. The third kappa shape index (κ3) is 2.79. The van der Waals surface area contributed by atoms with E-state index in [4.69, 9.17) is 4.74 Å². The Hall–Kier alpha value is -2.23. The lowest BCUT2D eigenvalue weighted by atomic mass is 10.1. The Balaban J connectivity index is 1.91. The van der Waals surface area contributed by atoms with Crippen molar-refractivity contribution in [2.45, 2.75) is 13.0 Å². The second kappa shape index (κ2) is 6.04. The van der Waals surface area contributed by atoms with Crippen LogP contribution in [0.3, 0.4) is 0 Å². The molecule has 3 rings (SSSR count). The number of nitrogens with one attached hydrogen (secondary N) is 1. The van der Waals surface area contributed by atoms with E-state index in [0.717, 1.165) is 30.9 Å². The predicted molar refractivity (Wildman–Crippen MR) is 83.6 cm³/mol. The van der Waals surface area contributed by atoms with Crippen LogP contribution in [0.4, 0.5) is 15.8 Å². The summed E-state index contributed by atoms with van der Waals surface area (Å²) in [6.07, 6.45) is 1.03. The number of anilines is 2. The second-order valence-corrected chi connectivity index (χ2v) is 5.15. The summed E-state index contributed by atoms with van der Waals surface area (Å²) in [5.41, 5.74) is 2.89. The van der Waals surface area contributed by atoms with E-state index in [9.17, 15) is 4.39 Å². The van der Waals surface area contributed by atoms with Gasteiger partial charge in [0.15, 0.2) is 11.6 Å². The van der Waals surface area contributed by atoms with Crippen LogP contribution in [0, 0.1) is 5.82 Å². The third-order valence-corrected chi connectivity index (χ3v) is 3.79. The molecule has 0 spiro atoms. The first-order chi connectivity index (χ1) is 10.3. The van der Waals surface area contributed by atoms with Crippen molar-refractivity contribution in [1.82, 2.24) is 0 Å². The van der Waals surface area contributed by atoms with Crippen molar-refractivity contribution in [1.29, 1.82) is 0 Å². The number of methoxy groups -OCH3 is 1. The van der Waals surface area contributed by atoms with Crippen molar-refractivity contribution in [2.75, 3.05) is 30.4 Å². The normalized spacial score (nSPS) is 14.1. The van der Waals surface area contributed by atoms with Crippen molar-refractivity contribution in [3.05, 3.63) is 53.8 Å². The Morgan fingerprint density at radius 3 is 2.90 bits per heavy atom. The maximum absolute atomic E-state index is 14.3. The number of hydrogen-bond acceptors (Lipinski definition) is 3.